The Kier molecular flexibility index (Phi) is 2.63. The largest absolute Gasteiger partial charge is 0.495 e. The third kappa shape index (κ3) is 1.58. The summed E-state index contributed by atoms with van der Waals surface area (Å²) in [6.45, 7) is 9.90. The fraction of sp³-hybridized carbons (Fsp3) is 0.882. The Balaban J connectivity index is 1.99. The molecule has 0 amide bonds. The van der Waals surface area contributed by atoms with Crippen LogP contribution in [-0.2, 0) is 4.74 Å². The van der Waals surface area contributed by atoms with Gasteiger partial charge in [-0.25, -0.2) is 0 Å². The lowest BCUT2D eigenvalue weighted by Crippen LogP contribution is -2.58. The topological polar surface area (TPSA) is 9.23 Å². The van der Waals surface area contributed by atoms with E-state index in [-0.39, 0.29) is 5.60 Å². The molecular weight excluding hydrogens is 220 g/mol. The van der Waals surface area contributed by atoms with E-state index < -0.39 is 0 Å². The molecule has 18 heavy (non-hydrogen) atoms. The second kappa shape index (κ2) is 3.77. The van der Waals surface area contributed by atoms with Crippen molar-refractivity contribution in [2.45, 2.75) is 71.8 Å². The molecule has 0 radical (unpaired) electrons. The Morgan fingerprint density at radius 2 is 1.78 bits per heavy atom. The Hall–Kier alpha value is -0.460. The smallest absolute Gasteiger partial charge is 0.109 e. The maximum Gasteiger partial charge on any atom is 0.109 e. The molecule has 1 heterocycles. The second-order valence-corrected chi connectivity index (χ2v) is 8.03. The van der Waals surface area contributed by atoms with Gasteiger partial charge in [-0.2, -0.15) is 0 Å². The summed E-state index contributed by atoms with van der Waals surface area (Å²) in [5, 5.41) is 0. The summed E-state index contributed by atoms with van der Waals surface area (Å²) in [5.74, 6) is 1.60. The molecule has 3 aliphatic rings. The third-order valence-electron chi connectivity index (χ3n) is 6.54. The number of fused-ring (bicyclic) bond motifs is 3. The molecule has 102 valence electrons. The van der Waals surface area contributed by atoms with Gasteiger partial charge < -0.3 is 4.74 Å². The first-order valence-corrected chi connectivity index (χ1v) is 7.71. The van der Waals surface area contributed by atoms with Crippen molar-refractivity contribution in [2.24, 2.45) is 22.7 Å². The van der Waals surface area contributed by atoms with Crippen LogP contribution in [0.25, 0.3) is 0 Å². The molecule has 0 aromatic rings. The van der Waals surface area contributed by atoms with Crippen molar-refractivity contribution in [3.05, 3.63) is 12.3 Å². The Morgan fingerprint density at radius 3 is 2.56 bits per heavy atom. The summed E-state index contributed by atoms with van der Waals surface area (Å²) in [4.78, 5) is 0. The highest BCUT2D eigenvalue weighted by molar-refractivity contribution is 5.11. The molecule has 2 fully saturated rings. The van der Waals surface area contributed by atoms with E-state index in [0.29, 0.717) is 16.7 Å². The van der Waals surface area contributed by atoms with Gasteiger partial charge in [0.25, 0.3) is 0 Å². The molecule has 1 aliphatic heterocycles. The fourth-order valence-corrected chi connectivity index (χ4v) is 5.66. The number of allylic oxidation sites excluding steroid dienone is 1. The molecule has 2 aliphatic carbocycles. The van der Waals surface area contributed by atoms with Gasteiger partial charge in [0.15, 0.2) is 0 Å². The first-order valence-electron chi connectivity index (χ1n) is 7.71. The van der Waals surface area contributed by atoms with Crippen LogP contribution in [0.2, 0.25) is 0 Å². The SMILES string of the molecule is CC1(C)CCC[C@@]2(C)C1CC[C@@]1(C)OC=CC[C@@H]12. The quantitative estimate of drug-likeness (QED) is 0.591. The van der Waals surface area contributed by atoms with Crippen molar-refractivity contribution in [3.63, 3.8) is 0 Å². The first kappa shape index (κ1) is 12.6. The van der Waals surface area contributed by atoms with Crippen LogP contribution in [0.4, 0.5) is 0 Å². The highest BCUT2D eigenvalue weighted by Crippen LogP contribution is 2.64. The number of hydrogen-bond donors (Lipinski definition) is 0. The number of ether oxygens (including phenoxy) is 1. The van der Waals surface area contributed by atoms with E-state index >= 15 is 0 Å². The molecule has 3 rings (SSSR count). The highest BCUT2D eigenvalue weighted by Gasteiger charge is 2.59. The second-order valence-electron chi connectivity index (χ2n) is 8.03. The Morgan fingerprint density at radius 1 is 1.00 bits per heavy atom. The Labute approximate surface area is 112 Å². The van der Waals surface area contributed by atoms with E-state index in [0.717, 1.165) is 5.92 Å². The van der Waals surface area contributed by atoms with Crippen molar-refractivity contribution in [3.8, 4) is 0 Å². The van der Waals surface area contributed by atoms with Gasteiger partial charge in [-0.3, -0.25) is 0 Å². The lowest BCUT2D eigenvalue weighted by Gasteiger charge is -2.62. The zero-order valence-electron chi connectivity index (χ0n) is 12.5. The van der Waals surface area contributed by atoms with E-state index in [4.69, 9.17) is 4.74 Å². The van der Waals surface area contributed by atoms with Crippen molar-refractivity contribution >= 4 is 0 Å². The molecular formula is C17H28O. The van der Waals surface area contributed by atoms with Gasteiger partial charge >= 0.3 is 0 Å². The first-order chi connectivity index (χ1) is 8.39. The molecule has 0 spiro atoms. The number of hydrogen-bond acceptors (Lipinski definition) is 1. The monoisotopic (exact) mass is 248 g/mol. The summed E-state index contributed by atoms with van der Waals surface area (Å²) < 4.78 is 6.07. The van der Waals surface area contributed by atoms with Crippen molar-refractivity contribution in [1.29, 1.82) is 0 Å². The standard InChI is InChI=1S/C17H28O/c1-15(2)9-6-10-16(3)13(15)8-11-17(4)14(16)7-5-12-18-17/h5,12-14H,6-11H2,1-4H3/t13?,14-,16+,17-/m1/s1. The lowest BCUT2D eigenvalue weighted by atomic mass is 9.45. The zero-order chi connectivity index (χ0) is 13.0. The fourth-order valence-electron chi connectivity index (χ4n) is 5.66. The molecule has 1 heteroatoms. The minimum Gasteiger partial charge on any atom is -0.495 e. The molecule has 2 saturated carbocycles. The average Bonchev–Trinajstić information content (AvgIpc) is 2.27. The van der Waals surface area contributed by atoms with Gasteiger partial charge in [0.1, 0.15) is 5.60 Å². The van der Waals surface area contributed by atoms with Gasteiger partial charge in [0.2, 0.25) is 0 Å². The van der Waals surface area contributed by atoms with E-state index in [9.17, 15) is 0 Å². The van der Waals surface area contributed by atoms with Crippen LogP contribution >= 0.6 is 0 Å². The minimum absolute atomic E-state index is 0.105. The van der Waals surface area contributed by atoms with Crippen LogP contribution in [0.1, 0.15) is 66.2 Å². The molecule has 4 atom stereocenters. The van der Waals surface area contributed by atoms with Crippen molar-refractivity contribution in [1.82, 2.24) is 0 Å². The average molecular weight is 248 g/mol. The Bertz CT molecular complexity index is 370. The van der Waals surface area contributed by atoms with Crippen LogP contribution in [-0.4, -0.2) is 5.60 Å². The van der Waals surface area contributed by atoms with E-state index in [1.54, 1.807) is 0 Å². The van der Waals surface area contributed by atoms with Gasteiger partial charge in [-0.05, 0) is 61.9 Å². The summed E-state index contributed by atoms with van der Waals surface area (Å²) in [6.07, 6.45) is 12.2. The van der Waals surface area contributed by atoms with Gasteiger partial charge in [0.05, 0.1) is 6.26 Å². The lowest BCUT2D eigenvalue weighted by molar-refractivity contribution is -0.175. The van der Waals surface area contributed by atoms with Crippen LogP contribution in [0, 0.1) is 22.7 Å². The molecule has 0 bridgehead atoms. The summed E-state index contributed by atoms with van der Waals surface area (Å²) in [7, 11) is 0. The zero-order valence-corrected chi connectivity index (χ0v) is 12.5. The predicted molar refractivity (Wildman–Crippen MR) is 75.2 cm³/mol. The van der Waals surface area contributed by atoms with E-state index in [1.807, 2.05) is 6.26 Å². The van der Waals surface area contributed by atoms with Crippen molar-refractivity contribution < 1.29 is 4.74 Å². The maximum absolute atomic E-state index is 6.07. The van der Waals surface area contributed by atoms with Crippen LogP contribution in [0.5, 0.6) is 0 Å². The summed E-state index contributed by atoms with van der Waals surface area (Å²) in [5.41, 5.74) is 1.11. The molecule has 0 N–H and O–H groups in total. The van der Waals surface area contributed by atoms with Gasteiger partial charge in [-0.1, -0.05) is 27.2 Å². The minimum atomic E-state index is 0.105. The molecule has 0 saturated heterocycles. The summed E-state index contributed by atoms with van der Waals surface area (Å²) in [6, 6.07) is 0. The molecule has 1 unspecified atom stereocenters. The van der Waals surface area contributed by atoms with Gasteiger partial charge in [0, 0.05) is 5.92 Å². The highest BCUT2D eigenvalue weighted by atomic mass is 16.5. The van der Waals surface area contributed by atoms with Crippen LogP contribution in [0.3, 0.4) is 0 Å². The molecule has 0 aromatic carbocycles. The third-order valence-corrected chi connectivity index (χ3v) is 6.54. The van der Waals surface area contributed by atoms with E-state index in [2.05, 4.69) is 33.8 Å². The van der Waals surface area contributed by atoms with Gasteiger partial charge in [-0.15, -0.1) is 0 Å². The van der Waals surface area contributed by atoms with Crippen LogP contribution in [0.15, 0.2) is 12.3 Å². The van der Waals surface area contributed by atoms with Crippen LogP contribution < -0.4 is 0 Å². The maximum atomic E-state index is 6.07. The number of rotatable bonds is 0. The van der Waals surface area contributed by atoms with E-state index in [1.165, 1.54) is 38.5 Å². The normalized spacial score (nSPS) is 50.0. The van der Waals surface area contributed by atoms with Crippen molar-refractivity contribution in [2.75, 3.05) is 0 Å². The molecule has 1 nitrogen and oxygen atoms in total. The predicted octanol–water partition coefficient (Wildman–Crippen LogP) is 4.92. The summed E-state index contributed by atoms with van der Waals surface area (Å²) >= 11 is 0. The molecule has 0 aromatic heterocycles.